The number of ether oxygens (including phenoxy) is 3. The summed E-state index contributed by atoms with van der Waals surface area (Å²) in [6.07, 6.45) is 4.80. The summed E-state index contributed by atoms with van der Waals surface area (Å²) in [5, 5.41) is 8.23. The first-order valence-electron chi connectivity index (χ1n) is 10.1. The molecule has 1 aromatic heterocycles. The van der Waals surface area contributed by atoms with E-state index in [1.54, 1.807) is 25.6 Å². The fourth-order valence-corrected chi connectivity index (χ4v) is 4.75. The lowest BCUT2D eigenvalue weighted by Gasteiger charge is -2.24. The lowest BCUT2D eigenvalue weighted by Crippen LogP contribution is -2.39. The summed E-state index contributed by atoms with van der Waals surface area (Å²) < 4.78 is 16.5. The van der Waals surface area contributed by atoms with Gasteiger partial charge in [0.1, 0.15) is 0 Å². The molecule has 1 unspecified atom stereocenters. The van der Waals surface area contributed by atoms with Crippen molar-refractivity contribution in [3.63, 3.8) is 0 Å². The van der Waals surface area contributed by atoms with Crippen LogP contribution in [0.15, 0.2) is 29.6 Å². The Hall–Kier alpha value is -2.41. The quantitative estimate of drug-likeness (QED) is 0.608. The second-order valence-corrected chi connectivity index (χ2v) is 8.11. The van der Waals surface area contributed by atoms with Gasteiger partial charge in [-0.05, 0) is 54.8 Å². The van der Waals surface area contributed by atoms with Crippen LogP contribution in [0, 0.1) is 5.92 Å². The lowest BCUT2D eigenvalue weighted by atomic mass is 9.97. The second kappa shape index (κ2) is 10.4. The van der Waals surface area contributed by atoms with Crippen molar-refractivity contribution in [1.29, 1.82) is 0 Å². The summed E-state index contributed by atoms with van der Waals surface area (Å²) in [4.78, 5) is 13.9. The van der Waals surface area contributed by atoms with Gasteiger partial charge in [-0.3, -0.25) is 0 Å². The highest BCUT2D eigenvalue weighted by Crippen LogP contribution is 2.39. The maximum atomic E-state index is 12.7. The van der Waals surface area contributed by atoms with Gasteiger partial charge in [0, 0.05) is 11.4 Å². The number of hydrogen-bond acceptors (Lipinski definition) is 5. The third kappa shape index (κ3) is 5.35. The molecule has 1 fully saturated rings. The highest BCUT2D eigenvalue weighted by Gasteiger charge is 2.28. The summed E-state index contributed by atoms with van der Waals surface area (Å²) in [7, 11) is 3.18. The molecule has 0 aliphatic heterocycles. The molecule has 1 aliphatic carbocycles. The van der Waals surface area contributed by atoms with Gasteiger partial charge in [0.25, 0.3) is 0 Å². The van der Waals surface area contributed by atoms with Crippen molar-refractivity contribution in [3.8, 4) is 17.2 Å². The van der Waals surface area contributed by atoms with Crippen molar-refractivity contribution in [2.24, 2.45) is 5.92 Å². The molecule has 1 aliphatic rings. The van der Waals surface area contributed by atoms with Crippen LogP contribution in [0.4, 0.5) is 4.79 Å². The maximum absolute atomic E-state index is 12.7. The average Bonchev–Trinajstić information content (AvgIpc) is 3.45. The van der Waals surface area contributed by atoms with Crippen LogP contribution in [-0.2, 0) is 6.54 Å². The third-order valence-electron chi connectivity index (χ3n) is 5.27. The number of thiophene rings is 1. The van der Waals surface area contributed by atoms with E-state index in [4.69, 9.17) is 14.2 Å². The zero-order valence-electron chi connectivity index (χ0n) is 17.3. The Morgan fingerprint density at radius 1 is 1.21 bits per heavy atom. The second-order valence-electron chi connectivity index (χ2n) is 7.13. The summed E-state index contributed by atoms with van der Waals surface area (Å²) >= 11 is 1.70. The van der Waals surface area contributed by atoms with E-state index in [2.05, 4.69) is 22.1 Å². The van der Waals surface area contributed by atoms with E-state index in [0.717, 1.165) is 18.4 Å². The summed E-state index contributed by atoms with van der Waals surface area (Å²) in [5.41, 5.74) is 0.880. The molecule has 2 N–H and O–H groups in total. The smallest absolute Gasteiger partial charge is 0.315 e. The van der Waals surface area contributed by atoms with Crippen LogP contribution in [0.25, 0.3) is 0 Å². The molecule has 7 heteroatoms. The van der Waals surface area contributed by atoms with Crippen LogP contribution in [0.3, 0.4) is 0 Å². The fourth-order valence-electron chi connectivity index (χ4n) is 3.88. The summed E-state index contributed by atoms with van der Waals surface area (Å²) in [6.45, 7) is 2.79. The topological polar surface area (TPSA) is 68.8 Å². The molecule has 3 rings (SSSR count). The van der Waals surface area contributed by atoms with Gasteiger partial charge in [0.2, 0.25) is 5.75 Å². The Kier molecular flexibility index (Phi) is 7.63. The molecule has 1 heterocycles. The molecule has 1 atom stereocenters. The first kappa shape index (κ1) is 21.3. The normalized spacial score (nSPS) is 15.0. The van der Waals surface area contributed by atoms with E-state index in [9.17, 15) is 4.79 Å². The summed E-state index contributed by atoms with van der Waals surface area (Å²) in [5.74, 6) is 2.26. The largest absolute Gasteiger partial charge is 0.493 e. The van der Waals surface area contributed by atoms with Crippen LogP contribution >= 0.6 is 11.3 Å². The van der Waals surface area contributed by atoms with Crippen molar-refractivity contribution in [2.75, 3.05) is 20.8 Å². The Labute approximate surface area is 176 Å². The highest BCUT2D eigenvalue weighted by atomic mass is 32.1. The number of benzene rings is 1. The van der Waals surface area contributed by atoms with Crippen LogP contribution in [0.2, 0.25) is 0 Å². The zero-order chi connectivity index (χ0) is 20.6. The van der Waals surface area contributed by atoms with Gasteiger partial charge in [-0.25, -0.2) is 4.79 Å². The standard InChI is InChI=1S/C22H30N2O4S/c1-4-28-21-17(26-2)12-15(13-18(21)27-3)14-23-22(25)24-20(16-8-5-6-9-16)19-10-7-11-29-19/h7,10-13,16,20H,4-6,8-9,14H2,1-3H3,(H2,23,24,25). The summed E-state index contributed by atoms with van der Waals surface area (Å²) in [6, 6.07) is 7.78. The molecule has 0 saturated heterocycles. The molecular formula is C22H30N2O4S. The number of urea groups is 1. The SMILES string of the molecule is CCOc1c(OC)cc(CNC(=O)NC(c2cccs2)C2CCCC2)cc1OC. The van der Waals surface area contributed by atoms with E-state index in [0.29, 0.717) is 36.3 Å². The van der Waals surface area contributed by atoms with Crippen molar-refractivity contribution in [2.45, 2.75) is 45.2 Å². The Morgan fingerprint density at radius 3 is 2.45 bits per heavy atom. The van der Waals surface area contributed by atoms with Gasteiger partial charge in [-0.1, -0.05) is 18.9 Å². The predicted molar refractivity (Wildman–Crippen MR) is 115 cm³/mol. The monoisotopic (exact) mass is 418 g/mol. The number of methoxy groups -OCH3 is 2. The molecule has 158 valence electrons. The fraction of sp³-hybridized carbons (Fsp3) is 0.500. The van der Waals surface area contributed by atoms with Gasteiger partial charge in [-0.15, -0.1) is 11.3 Å². The number of rotatable bonds is 9. The van der Waals surface area contributed by atoms with Crippen molar-refractivity contribution >= 4 is 17.4 Å². The van der Waals surface area contributed by atoms with Gasteiger partial charge in [0.05, 0.1) is 26.9 Å². The first-order valence-corrected chi connectivity index (χ1v) is 11.0. The predicted octanol–water partition coefficient (Wildman–Crippen LogP) is 4.89. The molecule has 1 aromatic carbocycles. The molecule has 0 radical (unpaired) electrons. The van der Waals surface area contributed by atoms with E-state index in [-0.39, 0.29) is 12.1 Å². The Bertz CT molecular complexity index is 763. The molecule has 2 amide bonds. The Balaban J connectivity index is 1.66. The molecule has 0 spiro atoms. The highest BCUT2D eigenvalue weighted by molar-refractivity contribution is 7.10. The van der Waals surface area contributed by atoms with Gasteiger partial charge < -0.3 is 24.8 Å². The molecule has 6 nitrogen and oxygen atoms in total. The van der Waals surface area contributed by atoms with Crippen LogP contribution < -0.4 is 24.8 Å². The van der Waals surface area contributed by atoms with Gasteiger partial charge >= 0.3 is 6.03 Å². The number of carbonyl (C=O) groups excluding carboxylic acids is 1. The maximum Gasteiger partial charge on any atom is 0.315 e. The van der Waals surface area contributed by atoms with E-state index >= 15 is 0 Å². The average molecular weight is 419 g/mol. The molecule has 2 aromatic rings. The van der Waals surface area contributed by atoms with Crippen molar-refractivity contribution in [3.05, 3.63) is 40.1 Å². The Morgan fingerprint density at radius 2 is 1.90 bits per heavy atom. The minimum absolute atomic E-state index is 0.0712. The van der Waals surface area contributed by atoms with E-state index < -0.39 is 0 Å². The number of nitrogens with one attached hydrogen (secondary N) is 2. The number of carbonyl (C=O) groups is 1. The molecule has 1 saturated carbocycles. The number of amides is 2. The van der Waals surface area contributed by atoms with Crippen molar-refractivity contribution < 1.29 is 19.0 Å². The van der Waals surface area contributed by atoms with Gasteiger partial charge in [0.15, 0.2) is 11.5 Å². The van der Waals surface area contributed by atoms with Gasteiger partial charge in [-0.2, -0.15) is 0 Å². The van der Waals surface area contributed by atoms with E-state index in [1.807, 2.05) is 25.1 Å². The number of hydrogen-bond donors (Lipinski definition) is 2. The molecule has 0 bridgehead atoms. The van der Waals surface area contributed by atoms with Crippen LogP contribution in [0.5, 0.6) is 17.2 Å². The third-order valence-corrected chi connectivity index (χ3v) is 6.23. The van der Waals surface area contributed by atoms with Crippen LogP contribution in [-0.4, -0.2) is 26.9 Å². The lowest BCUT2D eigenvalue weighted by molar-refractivity contribution is 0.231. The molecule has 29 heavy (non-hydrogen) atoms. The first-order chi connectivity index (χ1) is 14.2. The van der Waals surface area contributed by atoms with Crippen LogP contribution in [0.1, 0.15) is 49.1 Å². The minimum Gasteiger partial charge on any atom is -0.493 e. The molecular weight excluding hydrogens is 388 g/mol. The minimum atomic E-state index is -0.165. The zero-order valence-corrected chi connectivity index (χ0v) is 18.1. The van der Waals surface area contributed by atoms with E-state index in [1.165, 1.54) is 17.7 Å². The van der Waals surface area contributed by atoms with Crippen molar-refractivity contribution in [1.82, 2.24) is 10.6 Å².